The van der Waals surface area contributed by atoms with Gasteiger partial charge in [0.05, 0.1) is 12.2 Å². The molecule has 3 aromatic rings. The van der Waals surface area contributed by atoms with Crippen molar-refractivity contribution in [2.45, 2.75) is 19.0 Å². The zero-order chi connectivity index (χ0) is 17.1. The first-order valence-corrected chi connectivity index (χ1v) is 8.84. The fourth-order valence-electron chi connectivity index (χ4n) is 2.18. The molecule has 3 rings (SSSR count). The molecule has 0 saturated carbocycles. The summed E-state index contributed by atoms with van der Waals surface area (Å²) in [5, 5.41) is 0.952. The van der Waals surface area contributed by atoms with Gasteiger partial charge in [-0.3, -0.25) is 4.79 Å². The Bertz CT molecular complexity index is 924. The molecule has 1 aromatic carbocycles. The molecule has 124 valence electrons. The summed E-state index contributed by atoms with van der Waals surface area (Å²) in [6.45, 7) is 4.76. The van der Waals surface area contributed by atoms with Gasteiger partial charge in [0.25, 0.3) is 5.56 Å². The van der Waals surface area contributed by atoms with Crippen LogP contribution in [0, 0.1) is 5.92 Å². The van der Waals surface area contributed by atoms with Crippen molar-refractivity contribution in [3.8, 4) is 17.1 Å². The summed E-state index contributed by atoms with van der Waals surface area (Å²) in [4.78, 5) is 28.1. The normalized spacial score (nSPS) is 11.2. The van der Waals surface area contributed by atoms with Crippen LogP contribution >= 0.6 is 11.8 Å². The number of para-hydroxylation sites is 1. The van der Waals surface area contributed by atoms with Crippen LogP contribution in [0.4, 0.5) is 0 Å². The summed E-state index contributed by atoms with van der Waals surface area (Å²) in [5.74, 6) is 1.53. The molecule has 0 bridgehead atoms. The Balaban J connectivity index is 2.11. The van der Waals surface area contributed by atoms with Gasteiger partial charge in [-0.05, 0) is 24.3 Å². The van der Waals surface area contributed by atoms with Crippen LogP contribution in [0.1, 0.15) is 13.8 Å². The molecule has 0 saturated heterocycles. The molecule has 0 fully saturated rings. The molecule has 7 heteroatoms. The average molecular weight is 342 g/mol. The number of H-pyrrole nitrogens is 1. The molecule has 0 unspecified atom stereocenters. The predicted octanol–water partition coefficient (Wildman–Crippen LogP) is 3.14. The second-order valence-electron chi connectivity index (χ2n) is 5.71. The highest BCUT2D eigenvalue weighted by Crippen LogP contribution is 2.27. The number of aromatic nitrogens is 4. The molecule has 2 aromatic heterocycles. The van der Waals surface area contributed by atoms with Gasteiger partial charge in [-0.2, -0.15) is 0 Å². The number of hydrogen-bond acceptors (Lipinski definition) is 6. The van der Waals surface area contributed by atoms with Crippen LogP contribution in [0.2, 0.25) is 0 Å². The molecule has 0 atom stereocenters. The van der Waals surface area contributed by atoms with Crippen molar-refractivity contribution in [3.05, 3.63) is 40.8 Å². The molecule has 0 radical (unpaired) electrons. The van der Waals surface area contributed by atoms with E-state index in [9.17, 15) is 4.79 Å². The third-order valence-corrected chi connectivity index (χ3v) is 3.90. The monoisotopic (exact) mass is 342 g/mol. The molecule has 1 N–H and O–H groups in total. The molecular weight excluding hydrogens is 324 g/mol. The van der Waals surface area contributed by atoms with E-state index in [4.69, 9.17) is 4.74 Å². The number of hydrogen-bond donors (Lipinski definition) is 1. The van der Waals surface area contributed by atoms with Crippen molar-refractivity contribution in [1.82, 2.24) is 19.9 Å². The number of rotatable bonds is 5. The summed E-state index contributed by atoms with van der Waals surface area (Å²) >= 11 is 1.41. The van der Waals surface area contributed by atoms with Crippen molar-refractivity contribution >= 4 is 22.8 Å². The molecule has 0 amide bonds. The van der Waals surface area contributed by atoms with Gasteiger partial charge in [0, 0.05) is 6.20 Å². The van der Waals surface area contributed by atoms with Crippen molar-refractivity contribution in [2.24, 2.45) is 5.92 Å². The number of nitrogens with zero attached hydrogens (tertiary/aromatic N) is 3. The Morgan fingerprint density at radius 1 is 1.25 bits per heavy atom. The van der Waals surface area contributed by atoms with Gasteiger partial charge in [0.15, 0.2) is 10.8 Å². The van der Waals surface area contributed by atoms with E-state index < -0.39 is 0 Å². The largest absolute Gasteiger partial charge is 0.493 e. The molecule has 2 heterocycles. The number of thioether (sulfide) groups is 1. The second-order valence-corrected chi connectivity index (χ2v) is 6.48. The maximum absolute atomic E-state index is 12.3. The molecule has 0 spiro atoms. The van der Waals surface area contributed by atoms with Crippen LogP contribution in [-0.4, -0.2) is 32.8 Å². The van der Waals surface area contributed by atoms with Gasteiger partial charge < -0.3 is 9.72 Å². The maximum atomic E-state index is 12.3. The van der Waals surface area contributed by atoms with Crippen molar-refractivity contribution in [3.63, 3.8) is 0 Å². The molecule has 24 heavy (non-hydrogen) atoms. The van der Waals surface area contributed by atoms with E-state index >= 15 is 0 Å². The lowest BCUT2D eigenvalue weighted by molar-refractivity contribution is 0.272. The van der Waals surface area contributed by atoms with Gasteiger partial charge >= 0.3 is 0 Å². The van der Waals surface area contributed by atoms with Crippen molar-refractivity contribution < 1.29 is 4.74 Å². The van der Waals surface area contributed by atoms with E-state index in [1.807, 2.05) is 30.5 Å². The minimum atomic E-state index is -0.263. The predicted molar refractivity (Wildman–Crippen MR) is 95.5 cm³/mol. The zero-order valence-electron chi connectivity index (χ0n) is 13.7. The Kier molecular flexibility index (Phi) is 4.80. The van der Waals surface area contributed by atoms with Crippen LogP contribution < -0.4 is 10.3 Å². The summed E-state index contributed by atoms with van der Waals surface area (Å²) in [5.41, 5.74) is 0.856. The Labute approximate surface area is 143 Å². The summed E-state index contributed by atoms with van der Waals surface area (Å²) in [7, 11) is 0. The first-order valence-electron chi connectivity index (χ1n) is 7.61. The maximum Gasteiger partial charge on any atom is 0.262 e. The van der Waals surface area contributed by atoms with Crippen LogP contribution in [0.15, 0.2) is 40.4 Å². The highest BCUT2D eigenvalue weighted by Gasteiger charge is 2.12. The van der Waals surface area contributed by atoms with E-state index in [0.717, 1.165) is 5.56 Å². The van der Waals surface area contributed by atoms with Crippen LogP contribution in [0.5, 0.6) is 5.75 Å². The number of ether oxygens (including phenoxy) is 1. The topological polar surface area (TPSA) is 80.8 Å². The van der Waals surface area contributed by atoms with E-state index in [1.165, 1.54) is 18.0 Å². The number of fused-ring (bicyclic) bond motifs is 1. The van der Waals surface area contributed by atoms with E-state index in [2.05, 4.69) is 33.8 Å². The minimum absolute atomic E-state index is 0.263. The SMILES string of the molecule is CSc1ncc2c(=O)[nH]c(-c3ccccc3OCC(C)C)nc2n1. The standard InChI is InChI=1S/C17H18N4O2S/c1-10(2)9-23-13-7-5-4-6-11(13)14-19-15-12(16(22)20-14)8-18-17(21-15)24-3/h4-8,10H,9H2,1-3H3,(H,18,19,20,21,22). The van der Waals surface area contributed by atoms with Crippen molar-refractivity contribution in [2.75, 3.05) is 12.9 Å². The number of aromatic amines is 1. The lowest BCUT2D eigenvalue weighted by Crippen LogP contribution is -2.12. The third kappa shape index (κ3) is 3.41. The van der Waals surface area contributed by atoms with Gasteiger partial charge in [0.1, 0.15) is 17.0 Å². The molecule has 0 aliphatic heterocycles. The molecule has 0 aliphatic carbocycles. The minimum Gasteiger partial charge on any atom is -0.493 e. The lowest BCUT2D eigenvalue weighted by atomic mass is 10.1. The fraction of sp³-hybridized carbons (Fsp3) is 0.294. The van der Waals surface area contributed by atoms with Gasteiger partial charge in [0.2, 0.25) is 0 Å². The molecule has 0 aliphatic rings. The first-order chi connectivity index (χ1) is 11.6. The number of benzene rings is 1. The Morgan fingerprint density at radius 2 is 2.04 bits per heavy atom. The fourth-order valence-corrected chi connectivity index (χ4v) is 2.52. The Hall–Kier alpha value is -2.41. The summed E-state index contributed by atoms with van der Waals surface area (Å²) in [6.07, 6.45) is 3.38. The smallest absolute Gasteiger partial charge is 0.262 e. The summed E-state index contributed by atoms with van der Waals surface area (Å²) < 4.78 is 5.85. The quantitative estimate of drug-likeness (QED) is 0.567. The summed E-state index contributed by atoms with van der Waals surface area (Å²) in [6, 6.07) is 7.52. The van der Waals surface area contributed by atoms with E-state index in [-0.39, 0.29) is 5.56 Å². The van der Waals surface area contributed by atoms with E-state index in [0.29, 0.717) is 40.3 Å². The van der Waals surface area contributed by atoms with Gasteiger partial charge in [-0.15, -0.1) is 0 Å². The van der Waals surface area contributed by atoms with Crippen LogP contribution in [0.25, 0.3) is 22.4 Å². The van der Waals surface area contributed by atoms with Crippen molar-refractivity contribution in [1.29, 1.82) is 0 Å². The third-order valence-electron chi connectivity index (χ3n) is 3.34. The average Bonchev–Trinajstić information content (AvgIpc) is 2.59. The molecule has 6 nitrogen and oxygen atoms in total. The number of nitrogens with one attached hydrogen (secondary N) is 1. The zero-order valence-corrected chi connectivity index (χ0v) is 14.6. The highest BCUT2D eigenvalue weighted by atomic mass is 32.2. The Morgan fingerprint density at radius 3 is 2.79 bits per heavy atom. The van der Waals surface area contributed by atoms with Crippen LogP contribution in [-0.2, 0) is 0 Å². The van der Waals surface area contributed by atoms with Gasteiger partial charge in [-0.25, -0.2) is 15.0 Å². The second kappa shape index (κ2) is 7.00. The first kappa shape index (κ1) is 16.4. The molecular formula is C17H18N4O2S. The van der Waals surface area contributed by atoms with Crippen LogP contribution in [0.3, 0.4) is 0 Å². The van der Waals surface area contributed by atoms with E-state index in [1.54, 1.807) is 0 Å². The lowest BCUT2D eigenvalue weighted by Gasteiger charge is -2.12. The van der Waals surface area contributed by atoms with Gasteiger partial charge in [-0.1, -0.05) is 37.7 Å². The highest BCUT2D eigenvalue weighted by molar-refractivity contribution is 7.98.